The van der Waals surface area contributed by atoms with Crippen molar-refractivity contribution in [3.63, 3.8) is 0 Å². The highest BCUT2D eigenvalue weighted by Gasteiger charge is 2.57. The number of carbonyl (C=O) groups is 2. The van der Waals surface area contributed by atoms with Crippen molar-refractivity contribution in [3.8, 4) is 0 Å². The van der Waals surface area contributed by atoms with Crippen molar-refractivity contribution in [2.45, 2.75) is 19.3 Å². The zero-order valence-corrected chi connectivity index (χ0v) is 15.1. The van der Waals surface area contributed by atoms with Gasteiger partial charge in [-0.1, -0.05) is 6.07 Å². The first-order valence-electron chi connectivity index (χ1n) is 8.62. The molecule has 1 aromatic carbocycles. The molecule has 0 bridgehead atoms. The van der Waals surface area contributed by atoms with Gasteiger partial charge in [0.15, 0.2) is 0 Å². The summed E-state index contributed by atoms with van der Waals surface area (Å²) in [6.45, 7) is 2.00. The first kappa shape index (κ1) is 18.5. The number of carbonyl (C=O) groups excluding carboxylic acids is 2. The number of benzene rings is 1. The lowest BCUT2D eigenvalue weighted by Crippen LogP contribution is -2.31. The molecule has 1 saturated heterocycles. The van der Waals surface area contributed by atoms with E-state index < -0.39 is 0 Å². The molecule has 2 aromatic rings. The molecule has 1 aliphatic heterocycles. The highest BCUT2D eigenvalue weighted by Crippen LogP contribution is 2.58. The third kappa shape index (κ3) is 3.76. The molecule has 1 spiro atoms. The lowest BCUT2D eigenvalue weighted by Gasteiger charge is -2.23. The molecular weight excluding hydrogens is 354 g/mol. The van der Waals surface area contributed by atoms with Crippen LogP contribution >= 0.6 is 12.4 Å². The van der Waals surface area contributed by atoms with Gasteiger partial charge in [0.2, 0.25) is 5.91 Å². The van der Waals surface area contributed by atoms with Crippen LogP contribution < -0.4 is 16.0 Å². The zero-order chi connectivity index (χ0) is 17.3. The average molecular weight is 376 g/mol. The van der Waals surface area contributed by atoms with Crippen LogP contribution in [0.3, 0.4) is 0 Å². The normalized spacial score (nSPS) is 20.1. The average Bonchev–Trinajstić information content (AvgIpc) is 3.06. The number of anilines is 2. The summed E-state index contributed by atoms with van der Waals surface area (Å²) in [7, 11) is 0. The topological polar surface area (TPSA) is 83.4 Å². The Hall–Kier alpha value is -2.31. The maximum Gasteiger partial charge on any atom is 0.258 e. The predicted octanol–water partition coefficient (Wildman–Crippen LogP) is 3.28. The number of nitrogens with one attached hydrogen (secondary N) is 3. The van der Waals surface area contributed by atoms with E-state index in [1.165, 1.54) is 12.5 Å². The van der Waals surface area contributed by atoms with Crippen molar-refractivity contribution in [1.82, 2.24) is 5.32 Å². The van der Waals surface area contributed by atoms with Gasteiger partial charge in [0.05, 0.1) is 11.8 Å². The molecule has 6 nitrogen and oxygen atoms in total. The Morgan fingerprint density at radius 2 is 1.85 bits per heavy atom. The fourth-order valence-corrected chi connectivity index (χ4v) is 3.70. The Morgan fingerprint density at radius 1 is 1.12 bits per heavy atom. The second-order valence-electron chi connectivity index (χ2n) is 6.91. The third-order valence-electron chi connectivity index (χ3n) is 5.28. The van der Waals surface area contributed by atoms with Gasteiger partial charge in [0.25, 0.3) is 5.91 Å². The molecule has 1 unspecified atom stereocenters. The summed E-state index contributed by atoms with van der Waals surface area (Å²) < 4.78 is 4.92. The number of hydrogen-bond acceptors (Lipinski definition) is 4. The number of amides is 2. The summed E-state index contributed by atoms with van der Waals surface area (Å²) in [5.41, 5.74) is 2.00. The number of hydrogen-bond donors (Lipinski definition) is 3. The third-order valence-corrected chi connectivity index (χ3v) is 5.28. The number of rotatable bonds is 4. The minimum atomic E-state index is -0.243. The Bertz CT molecular complexity index is 785. The first-order valence-corrected chi connectivity index (χ1v) is 8.62. The Morgan fingerprint density at radius 3 is 2.54 bits per heavy atom. The first-order chi connectivity index (χ1) is 12.2. The molecule has 0 radical (unpaired) electrons. The lowest BCUT2D eigenvalue weighted by atomic mass is 9.92. The van der Waals surface area contributed by atoms with Crippen molar-refractivity contribution >= 4 is 35.6 Å². The monoisotopic (exact) mass is 375 g/mol. The molecule has 2 amide bonds. The summed E-state index contributed by atoms with van der Waals surface area (Å²) >= 11 is 0. The molecule has 2 fully saturated rings. The molecule has 138 valence electrons. The van der Waals surface area contributed by atoms with Gasteiger partial charge in [-0.05, 0) is 62.0 Å². The minimum absolute atomic E-state index is 0. The van der Waals surface area contributed by atoms with E-state index in [1.54, 1.807) is 18.2 Å². The van der Waals surface area contributed by atoms with Gasteiger partial charge in [-0.25, -0.2) is 0 Å². The van der Waals surface area contributed by atoms with Gasteiger partial charge < -0.3 is 20.4 Å². The second kappa shape index (κ2) is 7.51. The zero-order valence-electron chi connectivity index (χ0n) is 14.3. The van der Waals surface area contributed by atoms with Crippen LogP contribution in [-0.2, 0) is 4.79 Å². The van der Waals surface area contributed by atoms with Gasteiger partial charge >= 0.3 is 0 Å². The van der Waals surface area contributed by atoms with E-state index >= 15 is 0 Å². The minimum Gasteiger partial charge on any atom is -0.472 e. The van der Waals surface area contributed by atoms with E-state index in [0.29, 0.717) is 16.9 Å². The standard InChI is InChI=1S/C19H21N3O3.ClH/c23-17(13-4-9-25-12-13)21-14-2-1-3-15(10-14)22-18(24)16-11-19(16)5-7-20-8-6-19;/h1-4,9-10,12,16,20H,5-8,11H2,(H,21,23)(H,22,24);1H. The maximum absolute atomic E-state index is 12.5. The van der Waals surface area contributed by atoms with Gasteiger partial charge in [-0.2, -0.15) is 0 Å². The Kier molecular flexibility index (Phi) is 5.34. The molecular formula is C19H22ClN3O3. The fraction of sp³-hybridized carbons (Fsp3) is 0.368. The maximum atomic E-state index is 12.5. The van der Waals surface area contributed by atoms with E-state index in [-0.39, 0.29) is 35.6 Å². The smallest absolute Gasteiger partial charge is 0.258 e. The molecule has 1 aromatic heterocycles. The molecule has 26 heavy (non-hydrogen) atoms. The molecule has 1 atom stereocenters. The van der Waals surface area contributed by atoms with Crippen LogP contribution in [0, 0.1) is 11.3 Å². The Labute approximate surface area is 158 Å². The molecule has 2 aliphatic rings. The van der Waals surface area contributed by atoms with Gasteiger partial charge in [0, 0.05) is 17.3 Å². The van der Waals surface area contributed by atoms with Gasteiger partial charge in [0.1, 0.15) is 6.26 Å². The van der Waals surface area contributed by atoms with Crippen LogP contribution in [0.5, 0.6) is 0 Å². The van der Waals surface area contributed by atoms with Crippen molar-refractivity contribution in [2.24, 2.45) is 11.3 Å². The van der Waals surface area contributed by atoms with Crippen LogP contribution in [0.25, 0.3) is 0 Å². The molecule has 2 heterocycles. The number of furan rings is 1. The summed E-state index contributed by atoms with van der Waals surface area (Å²) in [6, 6.07) is 8.82. The van der Waals surface area contributed by atoms with Crippen LogP contribution in [-0.4, -0.2) is 24.9 Å². The van der Waals surface area contributed by atoms with E-state index in [0.717, 1.165) is 32.4 Å². The van der Waals surface area contributed by atoms with Crippen molar-refractivity contribution in [1.29, 1.82) is 0 Å². The van der Waals surface area contributed by atoms with E-state index in [1.807, 2.05) is 12.1 Å². The van der Waals surface area contributed by atoms with Crippen LogP contribution in [0.2, 0.25) is 0 Å². The summed E-state index contributed by atoms with van der Waals surface area (Å²) in [6.07, 6.45) is 5.99. The molecule has 1 aliphatic carbocycles. The van der Waals surface area contributed by atoms with Crippen LogP contribution in [0.4, 0.5) is 11.4 Å². The lowest BCUT2D eigenvalue weighted by molar-refractivity contribution is -0.118. The van der Waals surface area contributed by atoms with Crippen LogP contribution in [0.15, 0.2) is 47.3 Å². The molecule has 4 rings (SSSR count). The largest absolute Gasteiger partial charge is 0.472 e. The van der Waals surface area contributed by atoms with Crippen molar-refractivity contribution < 1.29 is 14.0 Å². The van der Waals surface area contributed by atoms with E-state index in [9.17, 15) is 9.59 Å². The van der Waals surface area contributed by atoms with E-state index in [4.69, 9.17) is 4.42 Å². The highest BCUT2D eigenvalue weighted by atomic mass is 35.5. The number of piperidine rings is 1. The SMILES string of the molecule is Cl.O=C(Nc1cccc(NC(=O)C2CC23CCNCC3)c1)c1ccoc1. The van der Waals surface area contributed by atoms with Crippen molar-refractivity contribution in [2.75, 3.05) is 23.7 Å². The summed E-state index contributed by atoms with van der Waals surface area (Å²) in [5.74, 6) is -0.0490. The number of halogens is 1. The summed E-state index contributed by atoms with van der Waals surface area (Å²) in [4.78, 5) is 24.6. The quantitative estimate of drug-likeness (QED) is 0.765. The van der Waals surface area contributed by atoms with Gasteiger partial charge in [-0.15, -0.1) is 12.4 Å². The highest BCUT2D eigenvalue weighted by molar-refractivity contribution is 6.04. The molecule has 7 heteroatoms. The van der Waals surface area contributed by atoms with Gasteiger partial charge in [-0.3, -0.25) is 9.59 Å². The molecule has 1 saturated carbocycles. The molecule has 3 N–H and O–H groups in total. The van der Waals surface area contributed by atoms with Crippen LogP contribution in [0.1, 0.15) is 29.6 Å². The summed E-state index contributed by atoms with van der Waals surface area (Å²) in [5, 5.41) is 9.14. The van der Waals surface area contributed by atoms with Crippen molar-refractivity contribution in [3.05, 3.63) is 48.4 Å². The predicted molar refractivity (Wildman–Crippen MR) is 102 cm³/mol. The fourth-order valence-electron chi connectivity index (χ4n) is 3.70. The Balaban J connectivity index is 0.00000196. The van der Waals surface area contributed by atoms with E-state index in [2.05, 4.69) is 16.0 Å². The second-order valence-corrected chi connectivity index (χ2v) is 6.91.